The van der Waals surface area contributed by atoms with Gasteiger partial charge < -0.3 is 0 Å². The molecule has 1 aromatic heterocycles. The number of hydrogen-bond acceptors (Lipinski definition) is 2. The summed E-state index contributed by atoms with van der Waals surface area (Å²) in [6, 6.07) is 13.6. The summed E-state index contributed by atoms with van der Waals surface area (Å²) in [6.07, 6.45) is 3.24. The maximum absolute atomic E-state index is 13.1. The molecule has 0 spiro atoms. The van der Waals surface area contributed by atoms with Crippen LogP contribution in [0, 0.1) is 12.7 Å². The molecule has 0 saturated heterocycles. The van der Waals surface area contributed by atoms with E-state index in [1.807, 2.05) is 31.2 Å². The molecular weight excluding hydrogens is 317 g/mol. The van der Waals surface area contributed by atoms with Crippen LogP contribution in [0.1, 0.15) is 30.2 Å². The van der Waals surface area contributed by atoms with E-state index in [9.17, 15) is 9.18 Å². The van der Waals surface area contributed by atoms with Crippen LogP contribution in [0.15, 0.2) is 58.3 Å². The molecule has 0 fully saturated rings. The molecule has 0 saturated carbocycles. The summed E-state index contributed by atoms with van der Waals surface area (Å²) >= 11 is 0. The summed E-state index contributed by atoms with van der Waals surface area (Å²) in [6.45, 7) is 4.06. The van der Waals surface area contributed by atoms with Gasteiger partial charge in [-0.3, -0.25) is 14.9 Å². The number of nitrogens with zero attached hydrogens (tertiary/aromatic N) is 2. The summed E-state index contributed by atoms with van der Waals surface area (Å²) in [5, 5.41) is 3.12. The zero-order valence-corrected chi connectivity index (χ0v) is 14.3. The fourth-order valence-corrected chi connectivity index (χ4v) is 2.61. The molecule has 128 valence electrons. The average Bonchev–Trinajstić information content (AvgIpc) is 2.91. The van der Waals surface area contributed by atoms with Crippen LogP contribution in [-0.4, -0.2) is 16.0 Å². The van der Waals surface area contributed by atoms with Crippen LogP contribution in [0.25, 0.3) is 5.69 Å². The molecule has 0 atom stereocenters. The zero-order valence-electron chi connectivity index (χ0n) is 14.3. The Kier molecular flexibility index (Phi) is 4.93. The normalized spacial score (nSPS) is 11.3. The van der Waals surface area contributed by atoms with E-state index in [1.54, 1.807) is 18.3 Å². The molecule has 3 rings (SSSR count). The molecule has 2 aromatic carbocycles. The van der Waals surface area contributed by atoms with Crippen LogP contribution in [0.5, 0.6) is 0 Å². The minimum absolute atomic E-state index is 0.189. The number of halogens is 1. The van der Waals surface area contributed by atoms with Crippen LogP contribution in [-0.2, 0) is 6.42 Å². The molecule has 1 heterocycles. The minimum atomic E-state index is -0.335. The highest BCUT2D eigenvalue weighted by Gasteiger charge is 2.13. The van der Waals surface area contributed by atoms with Gasteiger partial charge >= 0.3 is 0 Å². The highest BCUT2D eigenvalue weighted by molar-refractivity contribution is 5.83. The molecule has 3 aromatic rings. The van der Waals surface area contributed by atoms with Gasteiger partial charge in [0.1, 0.15) is 5.82 Å². The number of aromatic nitrogens is 2. The summed E-state index contributed by atoms with van der Waals surface area (Å²) in [5.41, 5.74) is 3.72. The van der Waals surface area contributed by atoms with Crippen molar-refractivity contribution < 1.29 is 4.39 Å². The van der Waals surface area contributed by atoms with Gasteiger partial charge in [-0.05, 0) is 49.7 Å². The highest BCUT2D eigenvalue weighted by Crippen LogP contribution is 2.14. The molecule has 0 unspecified atom stereocenters. The Morgan fingerprint density at radius 1 is 1.12 bits per heavy atom. The van der Waals surface area contributed by atoms with Crippen LogP contribution in [0.2, 0.25) is 0 Å². The fourth-order valence-electron chi connectivity index (χ4n) is 2.61. The van der Waals surface area contributed by atoms with Gasteiger partial charge in [0.2, 0.25) is 0 Å². The second-order valence-electron chi connectivity index (χ2n) is 5.96. The van der Waals surface area contributed by atoms with E-state index >= 15 is 0 Å². The van der Waals surface area contributed by atoms with Crippen molar-refractivity contribution in [2.24, 2.45) is 4.99 Å². The van der Waals surface area contributed by atoms with Crippen LogP contribution in [0.3, 0.4) is 0 Å². The van der Waals surface area contributed by atoms with Crippen molar-refractivity contribution >= 4 is 11.9 Å². The van der Waals surface area contributed by atoms with Crippen molar-refractivity contribution in [2.75, 3.05) is 0 Å². The lowest BCUT2D eigenvalue weighted by Crippen LogP contribution is -2.17. The zero-order chi connectivity index (χ0) is 17.8. The smallest absolute Gasteiger partial charge is 0.280 e. The van der Waals surface area contributed by atoms with E-state index in [1.165, 1.54) is 16.8 Å². The average molecular weight is 337 g/mol. The van der Waals surface area contributed by atoms with E-state index in [-0.39, 0.29) is 11.4 Å². The summed E-state index contributed by atoms with van der Waals surface area (Å²) < 4.78 is 14.6. The van der Waals surface area contributed by atoms with Crippen LogP contribution >= 0.6 is 0 Å². The molecular formula is C20H20FN3O. The van der Waals surface area contributed by atoms with Crippen molar-refractivity contribution in [3.63, 3.8) is 0 Å². The number of hydrogen-bond donors (Lipinski definition) is 1. The molecule has 5 heteroatoms. The van der Waals surface area contributed by atoms with Gasteiger partial charge in [-0.1, -0.05) is 31.0 Å². The van der Waals surface area contributed by atoms with E-state index < -0.39 is 0 Å². The number of aromatic amines is 1. The molecule has 0 amide bonds. The second kappa shape index (κ2) is 7.30. The Balaban J connectivity index is 2.01. The van der Waals surface area contributed by atoms with Crippen molar-refractivity contribution in [3.05, 3.63) is 81.5 Å². The van der Waals surface area contributed by atoms with E-state index in [0.717, 1.165) is 29.8 Å². The Bertz CT molecular complexity index is 935. The number of benzene rings is 2. The number of aliphatic imine (C=N–C) groups is 1. The number of nitrogens with one attached hydrogen (secondary N) is 1. The molecule has 0 radical (unpaired) electrons. The fraction of sp³-hybridized carbons (Fsp3) is 0.200. The largest absolute Gasteiger partial charge is 0.294 e. The number of rotatable bonds is 5. The van der Waals surface area contributed by atoms with Gasteiger partial charge in [-0.25, -0.2) is 9.07 Å². The topological polar surface area (TPSA) is 50.1 Å². The summed E-state index contributed by atoms with van der Waals surface area (Å²) in [5.74, 6) is -0.335. The first-order valence-electron chi connectivity index (χ1n) is 8.29. The Hall–Kier alpha value is -2.95. The summed E-state index contributed by atoms with van der Waals surface area (Å²) in [4.78, 5) is 17.2. The molecule has 0 aliphatic carbocycles. The van der Waals surface area contributed by atoms with Crippen molar-refractivity contribution in [1.29, 1.82) is 0 Å². The van der Waals surface area contributed by atoms with E-state index in [2.05, 4.69) is 17.0 Å². The molecule has 4 nitrogen and oxygen atoms in total. The maximum Gasteiger partial charge on any atom is 0.280 e. The molecule has 0 aliphatic heterocycles. The molecule has 0 bridgehead atoms. The van der Waals surface area contributed by atoms with Gasteiger partial charge in [-0.2, -0.15) is 0 Å². The molecule has 1 N–H and O–H groups in total. The predicted octanol–water partition coefficient (Wildman–Crippen LogP) is 4.32. The number of H-pyrrole nitrogens is 1. The molecule has 0 aliphatic rings. The number of aryl methyl sites for hydroxylation is 2. The van der Waals surface area contributed by atoms with Gasteiger partial charge in [0.15, 0.2) is 0 Å². The third-order valence-corrected chi connectivity index (χ3v) is 3.97. The van der Waals surface area contributed by atoms with Gasteiger partial charge in [0, 0.05) is 11.9 Å². The second-order valence-corrected chi connectivity index (χ2v) is 5.96. The highest BCUT2D eigenvalue weighted by atomic mass is 19.1. The first kappa shape index (κ1) is 16.9. The first-order valence-corrected chi connectivity index (χ1v) is 8.29. The Morgan fingerprint density at radius 3 is 2.44 bits per heavy atom. The maximum atomic E-state index is 13.1. The van der Waals surface area contributed by atoms with Crippen molar-refractivity contribution in [2.45, 2.75) is 26.7 Å². The van der Waals surface area contributed by atoms with Gasteiger partial charge in [0.05, 0.1) is 16.9 Å². The van der Waals surface area contributed by atoms with E-state index in [4.69, 9.17) is 0 Å². The minimum Gasteiger partial charge on any atom is -0.294 e. The standard InChI is InChI=1S/C20H20FN3O/c1-3-4-19-18(13-22-16-9-5-14(2)6-10-16)20(25)24(23-19)17-11-7-15(21)8-12-17/h5-13,23H,3-4H2,1-2H3. The van der Waals surface area contributed by atoms with Gasteiger partial charge in [0.25, 0.3) is 5.56 Å². The third-order valence-electron chi connectivity index (χ3n) is 3.97. The lowest BCUT2D eigenvalue weighted by atomic mass is 10.2. The van der Waals surface area contributed by atoms with Gasteiger partial charge in [-0.15, -0.1) is 0 Å². The molecule has 25 heavy (non-hydrogen) atoms. The Morgan fingerprint density at radius 2 is 1.80 bits per heavy atom. The van der Waals surface area contributed by atoms with Crippen molar-refractivity contribution in [3.8, 4) is 5.69 Å². The predicted molar refractivity (Wildman–Crippen MR) is 98.8 cm³/mol. The SMILES string of the molecule is CCCc1[nH]n(-c2ccc(F)cc2)c(=O)c1C=Nc1ccc(C)cc1. The van der Waals surface area contributed by atoms with Crippen LogP contribution in [0.4, 0.5) is 10.1 Å². The van der Waals surface area contributed by atoms with Crippen LogP contribution < -0.4 is 5.56 Å². The lowest BCUT2D eigenvalue weighted by molar-refractivity contribution is 0.626. The first-order chi connectivity index (χ1) is 12.1. The third kappa shape index (κ3) is 3.76. The van der Waals surface area contributed by atoms with E-state index in [0.29, 0.717) is 11.3 Å². The lowest BCUT2D eigenvalue weighted by Gasteiger charge is -2.01. The van der Waals surface area contributed by atoms with Crippen molar-refractivity contribution in [1.82, 2.24) is 9.78 Å². The quantitative estimate of drug-likeness (QED) is 0.693. The Labute approximate surface area is 145 Å². The monoisotopic (exact) mass is 337 g/mol. The summed E-state index contributed by atoms with van der Waals surface area (Å²) in [7, 11) is 0.